The number of likely N-dealkylation sites (N-methyl/N-ethyl adjacent to an activating group) is 1. The largest absolute Gasteiger partial charge is 0.467 e. The number of nitrogens with zero attached hydrogens (tertiary/aromatic N) is 1. The number of hydrogen-bond donors (Lipinski definition) is 2. The molecule has 0 bridgehead atoms. The van der Waals surface area contributed by atoms with Gasteiger partial charge in [0.15, 0.2) is 0 Å². The quantitative estimate of drug-likeness (QED) is 0.829. The molecule has 0 saturated carbocycles. The Labute approximate surface area is 125 Å². The summed E-state index contributed by atoms with van der Waals surface area (Å²) in [6.07, 6.45) is 1.57. The molecular weight excluding hydrogens is 270 g/mol. The molecule has 0 aromatic carbocycles. The van der Waals surface area contributed by atoms with Gasteiger partial charge in [-0.25, -0.2) is 0 Å². The fourth-order valence-corrected chi connectivity index (χ4v) is 1.90. The van der Waals surface area contributed by atoms with E-state index in [-0.39, 0.29) is 36.5 Å². The van der Waals surface area contributed by atoms with Gasteiger partial charge in [0.2, 0.25) is 11.8 Å². The number of amides is 2. The summed E-state index contributed by atoms with van der Waals surface area (Å²) in [4.78, 5) is 25.3. The molecule has 21 heavy (non-hydrogen) atoms. The zero-order valence-electron chi connectivity index (χ0n) is 13.4. The highest BCUT2D eigenvalue weighted by molar-refractivity contribution is 5.81. The fourth-order valence-electron chi connectivity index (χ4n) is 1.90. The molecule has 0 saturated heterocycles. The Bertz CT molecular complexity index is 463. The minimum absolute atomic E-state index is 0.100. The topological polar surface area (TPSA) is 74.6 Å². The summed E-state index contributed by atoms with van der Waals surface area (Å²) in [5, 5.41) is 5.69. The lowest BCUT2D eigenvalue weighted by Gasteiger charge is -2.23. The lowest BCUT2D eigenvalue weighted by molar-refractivity contribution is -0.125. The Balaban J connectivity index is 2.35. The summed E-state index contributed by atoms with van der Waals surface area (Å²) in [6.45, 7) is 7.94. The van der Waals surface area contributed by atoms with Gasteiger partial charge in [-0.3, -0.25) is 14.5 Å². The second-order valence-corrected chi connectivity index (χ2v) is 6.28. The first-order valence-electron chi connectivity index (χ1n) is 6.99. The van der Waals surface area contributed by atoms with Crippen molar-refractivity contribution in [2.75, 3.05) is 20.1 Å². The zero-order valence-corrected chi connectivity index (χ0v) is 13.4. The molecule has 1 aromatic rings. The molecule has 1 atom stereocenters. The van der Waals surface area contributed by atoms with Crippen LogP contribution in [0.25, 0.3) is 0 Å². The van der Waals surface area contributed by atoms with Crippen molar-refractivity contribution in [1.29, 1.82) is 0 Å². The Morgan fingerprint density at radius 2 is 1.90 bits per heavy atom. The maximum atomic E-state index is 11.9. The molecule has 2 N–H and O–H groups in total. The summed E-state index contributed by atoms with van der Waals surface area (Å²) < 4.78 is 5.23. The van der Waals surface area contributed by atoms with E-state index < -0.39 is 0 Å². The van der Waals surface area contributed by atoms with Crippen molar-refractivity contribution in [2.45, 2.75) is 39.3 Å². The van der Waals surface area contributed by atoms with Crippen LogP contribution >= 0.6 is 0 Å². The minimum atomic E-state index is -0.270. The summed E-state index contributed by atoms with van der Waals surface area (Å²) >= 11 is 0. The monoisotopic (exact) mass is 295 g/mol. The third-order valence-corrected chi connectivity index (χ3v) is 2.69. The molecule has 118 valence electrons. The number of rotatable bonds is 6. The molecule has 0 aliphatic carbocycles. The van der Waals surface area contributed by atoms with E-state index in [4.69, 9.17) is 4.42 Å². The van der Waals surface area contributed by atoms with Crippen LogP contribution in [0.4, 0.5) is 0 Å². The maximum absolute atomic E-state index is 11.9. The van der Waals surface area contributed by atoms with Crippen molar-refractivity contribution in [3.05, 3.63) is 24.2 Å². The molecule has 0 aliphatic heterocycles. The predicted molar refractivity (Wildman–Crippen MR) is 80.7 cm³/mol. The number of hydrogen-bond acceptors (Lipinski definition) is 4. The van der Waals surface area contributed by atoms with Gasteiger partial charge in [0, 0.05) is 5.54 Å². The van der Waals surface area contributed by atoms with Crippen molar-refractivity contribution in [3.63, 3.8) is 0 Å². The Morgan fingerprint density at radius 3 is 2.43 bits per heavy atom. The number of nitrogens with one attached hydrogen (secondary N) is 2. The molecule has 1 rings (SSSR count). The van der Waals surface area contributed by atoms with Crippen LogP contribution in [0.5, 0.6) is 0 Å². The first-order valence-corrected chi connectivity index (χ1v) is 6.99. The summed E-state index contributed by atoms with van der Waals surface area (Å²) in [5.74, 6) is 0.457. The molecule has 1 heterocycles. The van der Waals surface area contributed by atoms with E-state index in [0.29, 0.717) is 5.76 Å². The minimum Gasteiger partial charge on any atom is -0.467 e. The standard InChI is InChI=1S/C15H25N3O3/c1-11(12-7-6-8-21-12)16-13(19)9-18(5)10-14(20)17-15(2,3)4/h6-8,11H,9-10H2,1-5H3,(H,16,19)(H,17,20)/t11-/m1/s1. The highest BCUT2D eigenvalue weighted by atomic mass is 16.3. The third kappa shape index (κ3) is 6.94. The van der Waals surface area contributed by atoms with Gasteiger partial charge in [-0.1, -0.05) is 0 Å². The van der Waals surface area contributed by atoms with Crippen LogP contribution in [-0.4, -0.2) is 42.4 Å². The lowest BCUT2D eigenvalue weighted by atomic mass is 10.1. The number of carbonyl (C=O) groups excluding carboxylic acids is 2. The van der Waals surface area contributed by atoms with E-state index >= 15 is 0 Å². The van der Waals surface area contributed by atoms with E-state index in [1.165, 1.54) is 0 Å². The molecule has 0 unspecified atom stereocenters. The van der Waals surface area contributed by atoms with Crippen LogP contribution in [-0.2, 0) is 9.59 Å². The summed E-state index contributed by atoms with van der Waals surface area (Å²) in [5.41, 5.74) is -0.270. The van der Waals surface area contributed by atoms with Crippen LogP contribution in [0.2, 0.25) is 0 Å². The SMILES string of the molecule is C[C@@H](NC(=O)CN(C)CC(=O)NC(C)(C)C)c1ccco1. The lowest BCUT2D eigenvalue weighted by Crippen LogP contribution is -2.47. The molecule has 6 nitrogen and oxygen atoms in total. The first-order chi connectivity index (χ1) is 9.67. The molecule has 2 amide bonds. The van der Waals surface area contributed by atoms with Gasteiger partial charge in [-0.05, 0) is 46.9 Å². The molecule has 0 fully saturated rings. The average Bonchev–Trinajstić information content (AvgIpc) is 2.77. The summed E-state index contributed by atoms with van der Waals surface area (Å²) in [6, 6.07) is 3.40. The van der Waals surface area contributed by atoms with E-state index in [1.807, 2.05) is 33.8 Å². The van der Waals surface area contributed by atoms with Crippen LogP contribution < -0.4 is 10.6 Å². The molecular formula is C15H25N3O3. The zero-order chi connectivity index (χ0) is 16.0. The van der Waals surface area contributed by atoms with E-state index in [2.05, 4.69) is 10.6 Å². The predicted octanol–water partition coefficient (Wildman–Crippen LogP) is 1.30. The van der Waals surface area contributed by atoms with Gasteiger partial charge in [-0.2, -0.15) is 0 Å². The van der Waals surface area contributed by atoms with Crippen molar-refractivity contribution >= 4 is 11.8 Å². The van der Waals surface area contributed by atoms with Gasteiger partial charge >= 0.3 is 0 Å². The van der Waals surface area contributed by atoms with E-state index in [9.17, 15) is 9.59 Å². The van der Waals surface area contributed by atoms with Crippen LogP contribution in [0, 0.1) is 0 Å². The van der Waals surface area contributed by atoms with Crippen molar-refractivity contribution in [3.8, 4) is 0 Å². The highest BCUT2D eigenvalue weighted by Crippen LogP contribution is 2.11. The second kappa shape index (κ2) is 7.26. The number of carbonyl (C=O) groups is 2. The third-order valence-electron chi connectivity index (χ3n) is 2.69. The van der Waals surface area contributed by atoms with Crippen LogP contribution in [0.3, 0.4) is 0 Å². The smallest absolute Gasteiger partial charge is 0.234 e. The normalized spacial score (nSPS) is 13.0. The van der Waals surface area contributed by atoms with Gasteiger partial charge in [0.25, 0.3) is 0 Å². The van der Waals surface area contributed by atoms with Crippen molar-refractivity contribution in [2.24, 2.45) is 0 Å². The molecule has 0 aliphatic rings. The number of furan rings is 1. The first kappa shape index (κ1) is 17.2. The average molecular weight is 295 g/mol. The van der Waals surface area contributed by atoms with Crippen LogP contribution in [0.1, 0.15) is 39.5 Å². The van der Waals surface area contributed by atoms with Gasteiger partial charge in [0.1, 0.15) is 5.76 Å². The van der Waals surface area contributed by atoms with Gasteiger partial charge in [-0.15, -0.1) is 0 Å². The van der Waals surface area contributed by atoms with Crippen molar-refractivity contribution < 1.29 is 14.0 Å². The fraction of sp³-hybridized carbons (Fsp3) is 0.600. The molecule has 6 heteroatoms. The van der Waals surface area contributed by atoms with Gasteiger partial charge in [0.05, 0.1) is 25.4 Å². The summed E-state index contributed by atoms with van der Waals surface area (Å²) in [7, 11) is 1.74. The Hall–Kier alpha value is -1.82. The maximum Gasteiger partial charge on any atom is 0.234 e. The second-order valence-electron chi connectivity index (χ2n) is 6.28. The van der Waals surface area contributed by atoms with E-state index in [0.717, 1.165) is 0 Å². The molecule has 0 spiro atoms. The molecule has 0 radical (unpaired) electrons. The Kier molecular flexibility index (Phi) is 5.96. The Morgan fingerprint density at radius 1 is 1.29 bits per heavy atom. The van der Waals surface area contributed by atoms with Crippen molar-refractivity contribution in [1.82, 2.24) is 15.5 Å². The highest BCUT2D eigenvalue weighted by Gasteiger charge is 2.17. The van der Waals surface area contributed by atoms with E-state index in [1.54, 1.807) is 24.3 Å². The van der Waals surface area contributed by atoms with Gasteiger partial charge < -0.3 is 15.1 Å². The van der Waals surface area contributed by atoms with Crippen LogP contribution in [0.15, 0.2) is 22.8 Å². The molecule has 1 aromatic heterocycles.